The fourth-order valence-corrected chi connectivity index (χ4v) is 5.59. The summed E-state index contributed by atoms with van der Waals surface area (Å²) in [6, 6.07) is 17.6. The van der Waals surface area contributed by atoms with Crippen LogP contribution < -0.4 is 8.92 Å². The van der Waals surface area contributed by atoms with Gasteiger partial charge in [-0.15, -0.1) is 0 Å². The van der Waals surface area contributed by atoms with E-state index in [1.54, 1.807) is 30.3 Å². The number of hydrogen-bond donors (Lipinski definition) is 1. The first-order valence-electron chi connectivity index (χ1n) is 10.2. The Morgan fingerprint density at radius 2 is 1.84 bits per heavy atom. The Bertz CT molecular complexity index is 1240. The second-order valence-electron chi connectivity index (χ2n) is 7.91. The van der Waals surface area contributed by atoms with Crippen LogP contribution in [0.3, 0.4) is 0 Å². The van der Waals surface area contributed by atoms with E-state index in [9.17, 15) is 13.5 Å². The van der Waals surface area contributed by atoms with Gasteiger partial charge < -0.3 is 14.0 Å². The van der Waals surface area contributed by atoms with E-state index < -0.39 is 10.1 Å². The van der Waals surface area contributed by atoms with Gasteiger partial charge in [-0.3, -0.25) is 4.90 Å². The normalized spacial score (nSPS) is 17.9. The lowest BCUT2D eigenvalue weighted by Gasteiger charge is -2.41. The summed E-state index contributed by atoms with van der Waals surface area (Å²) in [6.07, 6.45) is 1.57. The number of rotatable bonds is 4. The molecule has 2 heterocycles. The number of phenols is 1. The second kappa shape index (κ2) is 7.59. The van der Waals surface area contributed by atoms with Gasteiger partial charge in [-0.05, 0) is 59.9 Å². The van der Waals surface area contributed by atoms with Crippen LogP contribution in [0.1, 0.15) is 28.3 Å². The van der Waals surface area contributed by atoms with Crippen LogP contribution in [0.4, 0.5) is 0 Å². The highest BCUT2D eigenvalue weighted by atomic mass is 32.2. The first-order chi connectivity index (χ1) is 15.0. The number of benzene rings is 3. The van der Waals surface area contributed by atoms with Crippen LogP contribution in [-0.4, -0.2) is 32.1 Å². The van der Waals surface area contributed by atoms with E-state index in [4.69, 9.17) is 8.92 Å². The lowest BCUT2D eigenvalue weighted by Crippen LogP contribution is -2.39. The standard InChI is InChI=1S/C24H23NO5S/c1-29-23-10-7-16-14-22-20-9-8-18(26)13-17(20)11-12-25(22)15-21(16)24(23)30-31(27,28)19-5-3-2-4-6-19/h2-10,13,22,26H,11-12,14-15H2,1H3. The molecule has 0 fully saturated rings. The van der Waals surface area contributed by atoms with Crippen LogP contribution in [0.25, 0.3) is 0 Å². The zero-order valence-electron chi connectivity index (χ0n) is 17.1. The zero-order chi connectivity index (χ0) is 21.6. The Kier molecular flexibility index (Phi) is 4.87. The van der Waals surface area contributed by atoms with Gasteiger partial charge in [0.25, 0.3) is 0 Å². The van der Waals surface area contributed by atoms with Gasteiger partial charge in [0.2, 0.25) is 0 Å². The molecule has 6 nitrogen and oxygen atoms in total. The van der Waals surface area contributed by atoms with Gasteiger partial charge >= 0.3 is 10.1 Å². The summed E-state index contributed by atoms with van der Waals surface area (Å²) < 4.78 is 37.0. The average Bonchev–Trinajstić information content (AvgIpc) is 2.78. The Morgan fingerprint density at radius 3 is 2.61 bits per heavy atom. The third-order valence-electron chi connectivity index (χ3n) is 6.14. The van der Waals surface area contributed by atoms with Gasteiger partial charge in [-0.2, -0.15) is 8.42 Å². The summed E-state index contributed by atoms with van der Waals surface area (Å²) in [5, 5.41) is 9.84. The highest BCUT2D eigenvalue weighted by Gasteiger charge is 2.35. The van der Waals surface area contributed by atoms with Crippen molar-refractivity contribution >= 4 is 10.1 Å². The number of methoxy groups -OCH3 is 1. The van der Waals surface area contributed by atoms with Gasteiger partial charge in [0.05, 0.1) is 7.11 Å². The molecule has 1 atom stereocenters. The summed E-state index contributed by atoms with van der Waals surface area (Å²) in [4.78, 5) is 2.44. The third-order valence-corrected chi connectivity index (χ3v) is 7.37. The van der Waals surface area contributed by atoms with E-state index >= 15 is 0 Å². The van der Waals surface area contributed by atoms with Gasteiger partial charge in [-0.1, -0.05) is 30.3 Å². The molecule has 31 heavy (non-hydrogen) atoms. The van der Waals surface area contributed by atoms with Gasteiger partial charge in [0.1, 0.15) is 10.6 Å². The summed E-state index contributed by atoms with van der Waals surface area (Å²) in [7, 11) is -2.48. The molecule has 0 amide bonds. The van der Waals surface area contributed by atoms with E-state index in [1.807, 2.05) is 18.2 Å². The summed E-state index contributed by atoms with van der Waals surface area (Å²) in [5.74, 6) is 0.952. The van der Waals surface area contributed by atoms with Crippen molar-refractivity contribution in [3.8, 4) is 17.2 Å². The van der Waals surface area contributed by atoms with Crippen molar-refractivity contribution in [2.45, 2.75) is 30.3 Å². The first-order valence-corrected chi connectivity index (χ1v) is 11.6. The van der Waals surface area contributed by atoms with E-state index in [0.717, 1.165) is 30.5 Å². The molecule has 3 aromatic carbocycles. The Hall–Kier alpha value is -3.03. The second-order valence-corrected chi connectivity index (χ2v) is 9.45. The molecular weight excluding hydrogens is 414 g/mol. The van der Waals surface area contributed by atoms with E-state index in [2.05, 4.69) is 4.90 Å². The maximum atomic E-state index is 12.9. The Labute approximate surface area is 181 Å². The fourth-order valence-electron chi connectivity index (χ4n) is 4.60. The Balaban J connectivity index is 1.55. The lowest BCUT2D eigenvalue weighted by atomic mass is 9.83. The molecule has 2 aliphatic rings. The largest absolute Gasteiger partial charge is 0.508 e. The molecule has 0 spiro atoms. The minimum atomic E-state index is -3.99. The Morgan fingerprint density at radius 1 is 1.03 bits per heavy atom. The number of nitrogens with zero attached hydrogens (tertiary/aromatic N) is 1. The van der Waals surface area contributed by atoms with Crippen molar-refractivity contribution in [3.63, 3.8) is 0 Å². The van der Waals surface area contributed by atoms with Crippen molar-refractivity contribution in [1.29, 1.82) is 0 Å². The molecule has 0 aliphatic carbocycles. The molecule has 160 valence electrons. The number of ether oxygens (including phenoxy) is 1. The van der Waals surface area contributed by atoms with Gasteiger partial charge in [0.15, 0.2) is 11.5 Å². The number of phenolic OH excluding ortho intramolecular Hbond substituents is 1. The van der Waals surface area contributed by atoms with Crippen molar-refractivity contribution < 1.29 is 22.4 Å². The summed E-state index contributed by atoms with van der Waals surface area (Å²) in [6.45, 7) is 1.39. The molecular formula is C24H23NO5S. The van der Waals surface area contributed by atoms with Crippen LogP contribution >= 0.6 is 0 Å². The van der Waals surface area contributed by atoms with Crippen molar-refractivity contribution in [2.75, 3.05) is 13.7 Å². The monoisotopic (exact) mass is 437 g/mol. The molecule has 0 aromatic heterocycles. The molecule has 0 saturated carbocycles. The fraction of sp³-hybridized carbons (Fsp3) is 0.250. The molecule has 1 N–H and O–H groups in total. The summed E-state index contributed by atoms with van der Waals surface area (Å²) in [5.41, 5.74) is 4.27. The van der Waals surface area contributed by atoms with E-state index in [-0.39, 0.29) is 22.4 Å². The van der Waals surface area contributed by atoms with E-state index in [0.29, 0.717) is 12.3 Å². The zero-order valence-corrected chi connectivity index (χ0v) is 17.9. The lowest BCUT2D eigenvalue weighted by molar-refractivity contribution is 0.159. The molecule has 0 bridgehead atoms. The third kappa shape index (κ3) is 3.54. The minimum absolute atomic E-state index is 0.107. The van der Waals surface area contributed by atoms with Gasteiger partial charge in [-0.25, -0.2) is 0 Å². The molecule has 2 aliphatic heterocycles. The summed E-state index contributed by atoms with van der Waals surface area (Å²) >= 11 is 0. The van der Waals surface area contributed by atoms with Crippen LogP contribution in [0.5, 0.6) is 17.2 Å². The molecule has 0 radical (unpaired) electrons. The average molecular weight is 438 g/mol. The maximum absolute atomic E-state index is 12.9. The molecule has 1 unspecified atom stereocenters. The SMILES string of the molecule is COc1ccc2c(c1OS(=O)(=O)c1ccccc1)CN1CCc3cc(O)ccc3C1C2. The molecule has 7 heteroatoms. The maximum Gasteiger partial charge on any atom is 0.339 e. The van der Waals surface area contributed by atoms with Crippen LogP contribution in [0, 0.1) is 0 Å². The minimum Gasteiger partial charge on any atom is -0.508 e. The van der Waals surface area contributed by atoms with Crippen molar-refractivity contribution in [1.82, 2.24) is 4.90 Å². The highest BCUT2D eigenvalue weighted by molar-refractivity contribution is 7.87. The first kappa shape index (κ1) is 19.9. The molecule has 3 aromatic rings. The van der Waals surface area contributed by atoms with Crippen LogP contribution in [0.15, 0.2) is 65.6 Å². The number of fused-ring (bicyclic) bond motifs is 4. The number of aromatic hydroxyl groups is 1. The van der Waals surface area contributed by atoms with Crippen LogP contribution in [-0.2, 0) is 29.5 Å². The highest BCUT2D eigenvalue weighted by Crippen LogP contribution is 2.44. The quantitative estimate of drug-likeness (QED) is 0.626. The van der Waals surface area contributed by atoms with Gasteiger partial charge in [0, 0.05) is 24.7 Å². The molecule has 0 saturated heterocycles. The smallest absolute Gasteiger partial charge is 0.339 e. The van der Waals surface area contributed by atoms with Crippen LogP contribution in [0.2, 0.25) is 0 Å². The van der Waals surface area contributed by atoms with E-state index in [1.165, 1.54) is 30.4 Å². The molecule has 5 rings (SSSR count). The van der Waals surface area contributed by atoms with Crippen molar-refractivity contribution in [3.05, 3.63) is 82.9 Å². The predicted octanol–water partition coefficient (Wildman–Crippen LogP) is 3.82. The number of hydrogen-bond acceptors (Lipinski definition) is 6. The predicted molar refractivity (Wildman–Crippen MR) is 116 cm³/mol. The topological polar surface area (TPSA) is 76.1 Å². The van der Waals surface area contributed by atoms with Crippen molar-refractivity contribution in [2.24, 2.45) is 0 Å².